The predicted octanol–water partition coefficient (Wildman–Crippen LogP) is 3.10. The van der Waals surface area contributed by atoms with Gasteiger partial charge in [0, 0.05) is 12.2 Å². The summed E-state index contributed by atoms with van der Waals surface area (Å²) >= 11 is 0. The molecule has 0 heterocycles. The molecule has 1 N–H and O–H groups in total. The van der Waals surface area contributed by atoms with Gasteiger partial charge >= 0.3 is 0 Å². The molecule has 110 valence electrons. The molecule has 21 heavy (non-hydrogen) atoms. The molecule has 2 aromatic rings. The number of benzene rings is 2. The summed E-state index contributed by atoms with van der Waals surface area (Å²) in [5.74, 6) is 0.631. The van der Waals surface area contributed by atoms with Crippen molar-refractivity contribution in [3.8, 4) is 5.75 Å². The molecule has 2 rings (SSSR count). The zero-order valence-corrected chi connectivity index (χ0v) is 12.4. The highest BCUT2D eigenvalue weighted by Gasteiger charge is 2.08. The maximum Gasteiger partial charge on any atom is 0.200 e. The normalized spacial score (nSPS) is 10.4. The number of ketones is 1. The quantitative estimate of drug-likeness (QED) is 0.829. The Morgan fingerprint density at radius 3 is 2.38 bits per heavy atom. The minimum absolute atomic E-state index is 0.0296. The third-order valence-corrected chi connectivity index (χ3v) is 3.52. The summed E-state index contributed by atoms with van der Waals surface area (Å²) in [6.45, 7) is 4.17. The van der Waals surface area contributed by atoms with Crippen LogP contribution in [0, 0.1) is 13.8 Å². The first-order valence-corrected chi connectivity index (χ1v) is 7.03. The van der Waals surface area contributed by atoms with Crippen LogP contribution in [-0.4, -0.2) is 24.1 Å². The van der Waals surface area contributed by atoms with Gasteiger partial charge in [-0.3, -0.25) is 4.79 Å². The molecule has 0 unspecified atom stereocenters. The molecule has 0 aliphatic carbocycles. The molecule has 0 aliphatic heterocycles. The smallest absolute Gasteiger partial charge is 0.200 e. The maximum absolute atomic E-state index is 12.1. The average Bonchev–Trinajstić information content (AvgIpc) is 2.49. The number of carbonyl (C=O) groups is 1. The third kappa shape index (κ3) is 4.17. The van der Waals surface area contributed by atoms with Crippen LogP contribution in [0.4, 0.5) is 0 Å². The molecular weight excluding hydrogens is 264 g/mol. The Morgan fingerprint density at radius 2 is 1.76 bits per heavy atom. The number of rotatable bonds is 6. The molecule has 0 saturated carbocycles. The molecule has 0 fully saturated rings. The van der Waals surface area contributed by atoms with Crippen molar-refractivity contribution in [2.75, 3.05) is 13.2 Å². The molecule has 0 aromatic heterocycles. The largest absolute Gasteiger partial charge is 0.485 e. The topological polar surface area (TPSA) is 46.5 Å². The fourth-order valence-electron chi connectivity index (χ4n) is 2.03. The Balaban J connectivity index is 1.95. The van der Waals surface area contributed by atoms with E-state index >= 15 is 0 Å². The minimum atomic E-state index is -0.0301. The van der Waals surface area contributed by atoms with Gasteiger partial charge in [-0.2, -0.15) is 0 Å². The molecular formula is C18H20O3. The SMILES string of the molecule is Cc1ccc(C(=O)COc2ccc(CCO)cc2)cc1C. The van der Waals surface area contributed by atoms with Crippen molar-refractivity contribution in [2.24, 2.45) is 0 Å². The average molecular weight is 284 g/mol. The van der Waals surface area contributed by atoms with E-state index in [0.29, 0.717) is 17.7 Å². The highest BCUT2D eigenvalue weighted by Crippen LogP contribution is 2.14. The zero-order valence-electron chi connectivity index (χ0n) is 12.4. The maximum atomic E-state index is 12.1. The summed E-state index contributed by atoms with van der Waals surface area (Å²) in [5.41, 5.74) is 4.00. The molecule has 0 saturated heterocycles. The fraction of sp³-hybridized carbons (Fsp3) is 0.278. The molecule has 2 aromatic carbocycles. The minimum Gasteiger partial charge on any atom is -0.485 e. The second-order valence-corrected chi connectivity index (χ2v) is 5.13. The van der Waals surface area contributed by atoms with E-state index in [1.807, 2.05) is 56.3 Å². The molecule has 3 heteroatoms. The molecule has 0 aliphatic rings. The van der Waals surface area contributed by atoms with Crippen LogP contribution in [0.15, 0.2) is 42.5 Å². The summed E-state index contributed by atoms with van der Waals surface area (Å²) in [5, 5.41) is 8.86. The number of hydrogen-bond donors (Lipinski definition) is 1. The van der Waals surface area contributed by atoms with Crippen molar-refractivity contribution < 1.29 is 14.6 Å². The Hall–Kier alpha value is -2.13. The number of hydrogen-bond acceptors (Lipinski definition) is 3. The lowest BCUT2D eigenvalue weighted by Gasteiger charge is -2.08. The van der Waals surface area contributed by atoms with Crippen LogP contribution < -0.4 is 4.74 Å². The van der Waals surface area contributed by atoms with Crippen molar-refractivity contribution in [3.05, 3.63) is 64.7 Å². The van der Waals surface area contributed by atoms with Gasteiger partial charge in [0.05, 0.1) is 0 Å². The van der Waals surface area contributed by atoms with Gasteiger partial charge in [0.1, 0.15) is 5.75 Å². The summed E-state index contributed by atoms with van der Waals surface area (Å²) in [6, 6.07) is 13.1. The fourth-order valence-corrected chi connectivity index (χ4v) is 2.03. The zero-order chi connectivity index (χ0) is 15.2. The number of ether oxygens (including phenoxy) is 1. The summed E-state index contributed by atoms with van der Waals surface area (Å²) < 4.78 is 5.51. The van der Waals surface area contributed by atoms with E-state index in [-0.39, 0.29) is 19.0 Å². The highest BCUT2D eigenvalue weighted by molar-refractivity contribution is 5.97. The van der Waals surface area contributed by atoms with Crippen LogP contribution in [0.2, 0.25) is 0 Å². The van der Waals surface area contributed by atoms with Gasteiger partial charge in [0.2, 0.25) is 0 Å². The first-order chi connectivity index (χ1) is 10.1. The lowest BCUT2D eigenvalue weighted by Crippen LogP contribution is -2.12. The monoisotopic (exact) mass is 284 g/mol. The van der Waals surface area contributed by atoms with Crippen molar-refractivity contribution in [2.45, 2.75) is 20.3 Å². The van der Waals surface area contributed by atoms with E-state index in [4.69, 9.17) is 9.84 Å². The second kappa shape index (κ2) is 7.04. The second-order valence-electron chi connectivity index (χ2n) is 5.13. The molecule has 0 bridgehead atoms. The molecule has 3 nitrogen and oxygen atoms in total. The van der Waals surface area contributed by atoms with Gasteiger partial charge in [-0.05, 0) is 55.2 Å². The molecule has 0 atom stereocenters. The van der Waals surface area contributed by atoms with Crippen molar-refractivity contribution in [1.82, 2.24) is 0 Å². The first kappa shape index (κ1) is 15.3. The van der Waals surface area contributed by atoms with Gasteiger partial charge in [0.15, 0.2) is 12.4 Å². The van der Waals surface area contributed by atoms with Crippen LogP contribution >= 0.6 is 0 Å². The number of carbonyl (C=O) groups excluding carboxylic acids is 1. The Bertz CT molecular complexity index is 615. The van der Waals surface area contributed by atoms with Gasteiger partial charge in [-0.25, -0.2) is 0 Å². The van der Waals surface area contributed by atoms with Crippen LogP contribution in [-0.2, 0) is 6.42 Å². The summed E-state index contributed by atoms with van der Waals surface area (Å²) in [4.78, 5) is 12.1. The summed E-state index contributed by atoms with van der Waals surface area (Å²) in [7, 11) is 0. The van der Waals surface area contributed by atoms with Gasteiger partial charge in [-0.1, -0.05) is 24.3 Å². The van der Waals surface area contributed by atoms with E-state index in [1.54, 1.807) is 0 Å². The highest BCUT2D eigenvalue weighted by atomic mass is 16.5. The van der Waals surface area contributed by atoms with E-state index < -0.39 is 0 Å². The molecule has 0 spiro atoms. The molecule has 0 amide bonds. The molecule has 0 radical (unpaired) electrons. The lowest BCUT2D eigenvalue weighted by atomic mass is 10.0. The number of aliphatic hydroxyl groups excluding tert-OH is 1. The Kier molecular flexibility index (Phi) is 5.12. The Labute approximate surface area is 125 Å². The van der Waals surface area contributed by atoms with Crippen LogP contribution in [0.1, 0.15) is 27.0 Å². The first-order valence-electron chi connectivity index (χ1n) is 7.03. The van der Waals surface area contributed by atoms with Gasteiger partial charge in [0.25, 0.3) is 0 Å². The summed E-state index contributed by atoms with van der Waals surface area (Å²) in [6.07, 6.45) is 0.627. The third-order valence-electron chi connectivity index (χ3n) is 3.52. The van der Waals surface area contributed by atoms with E-state index in [1.165, 1.54) is 5.56 Å². The van der Waals surface area contributed by atoms with E-state index in [2.05, 4.69) is 0 Å². The van der Waals surface area contributed by atoms with Crippen LogP contribution in [0.5, 0.6) is 5.75 Å². The van der Waals surface area contributed by atoms with Crippen molar-refractivity contribution in [3.63, 3.8) is 0 Å². The predicted molar refractivity (Wildman–Crippen MR) is 83.0 cm³/mol. The van der Waals surface area contributed by atoms with E-state index in [0.717, 1.165) is 11.1 Å². The van der Waals surface area contributed by atoms with Crippen molar-refractivity contribution in [1.29, 1.82) is 0 Å². The van der Waals surface area contributed by atoms with Crippen molar-refractivity contribution >= 4 is 5.78 Å². The number of aliphatic hydroxyl groups is 1. The number of aryl methyl sites for hydroxylation is 2. The Morgan fingerprint density at radius 1 is 1.05 bits per heavy atom. The van der Waals surface area contributed by atoms with Gasteiger partial charge < -0.3 is 9.84 Å². The van der Waals surface area contributed by atoms with Crippen LogP contribution in [0.3, 0.4) is 0 Å². The standard InChI is InChI=1S/C18H20O3/c1-13-3-6-16(11-14(13)2)18(20)12-21-17-7-4-15(5-8-17)9-10-19/h3-8,11,19H,9-10,12H2,1-2H3. The van der Waals surface area contributed by atoms with Crippen LogP contribution in [0.25, 0.3) is 0 Å². The van der Waals surface area contributed by atoms with E-state index in [9.17, 15) is 4.79 Å². The lowest BCUT2D eigenvalue weighted by molar-refractivity contribution is 0.0921. The number of Topliss-reactive ketones (excluding diaryl/α,β-unsaturated/α-hetero) is 1. The van der Waals surface area contributed by atoms with Gasteiger partial charge in [-0.15, -0.1) is 0 Å².